The summed E-state index contributed by atoms with van der Waals surface area (Å²) in [7, 11) is -2.37. The zero-order valence-electron chi connectivity index (χ0n) is 23.2. The number of hydrazine groups is 1. The van der Waals surface area contributed by atoms with Crippen LogP contribution >= 0.6 is 11.3 Å². The van der Waals surface area contributed by atoms with Gasteiger partial charge in [-0.05, 0) is 56.3 Å². The van der Waals surface area contributed by atoms with Crippen LogP contribution in [0.25, 0.3) is 10.2 Å². The van der Waals surface area contributed by atoms with Crippen molar-refractivity contribution in [3.05, 3.63) is 59.9 Å². The predicted octanol–water partition coefficient (Wildman–Crippen LogP) is 0.962. The van der Waals surface area contributed by atoms with Crippen molar-refractivity contribution in [2.45, 2.75) is 30.1 Å². The van der Waals surface area contributed by atoms with Crippen LogP contribution in [-0.2, 0) is 26.0 Å². The number of aliphatic hydroxyl groups excluding tert-OH is 1. The number of aliphatic hydroxyl groups is 1. The molecule has 16 heteroatoms. The number of ketones is 1. The van der Waals surface area contributed by atoms with Crippen LogP contribution in [0, 0.1) is 0 Å². The van der Waals surface area contributed by atoms with Crippen molar-refractivity contribution in [3.8, 4) is 11.5 Å². The van der Waals surface area contributed by atoms with Crippen molar-refractivity contribution in [1.29, 1.82) is 0 Å². The number of primary amides is 1. The lowest BCUT2D eigenvalue weighted by molar-refractivity contribution is -0.133. The molecule has 1 amide bonds. The highest BCUT2D eigenvalue weighted by Gasteiger charge is 2.28. The summed E-state index contributed by atoms with van der Waals surface area (Å²) in [5.41, 5.74) is 12.9. The van der Waals surface area contributed by atoms with Crippen LogP contribution in [0.4, 0.5) is 4.39 Å². The number of ether oxygens (including phenoxy) is 2. The highest BCUT2D eigenvalue weighted by Crippen LogP contribution is 2.28. The second kappa shape index (κ2) is 16.6. The van der Waals surface area contributed by atoms with Crippen molar-refractivity contribution in [3.63, 3.8) is 0 Å². The number of amides is 1. The summed E-state index contributed by atoms with van der Waals surface area (Å²) in [5.74, 6) is 5.52. The van der Waals surface area contributed by atoms with Crippen LogP contribution in [-0.4, -0.2) is 74.8 Å². The summed E-state index contributed by atoms with van der Waals surface area (Å²) in [6, 6.07) is 10.4. The predicted molar refractivity (Wildman–Crippen MR) is 157 cm³/mol. The average molecular weight is 627 g/mol. The molecule has 13 nitrogen and oxygen atoms in total. The van der Waals surface area contributed by atoms with E-state index in [2.05, 4.69) is 9.71 Å². The largest absolute Gasteiger partial charge is 0.491 e. The number of Topliss-reactive ketones (excluding diaryl/α,β-unsaturated/α-hetero) is 1. The van der Waals surface area contributed by atoms with E-state index < -0.39 is 27.8 Å². The van der Waals surface area contributed by atoms with Gasteiger partial charge >= 0.3 is 0 Å². The van der Waals surface area contributed by atoms with E-state index >= 15 is 0 Å². The van der Waals surface area contributed by atoms with Crippen molar-refractivity contribution < 1.29 is 37.0 Å². The number of nitrogens with two attached hydrogens (primary N) is 3. The molecule has 1 unspecified atom stereocenters. The molecule has 3 rings (SSSR count). The van der Waals surface area contributed by atoms with Gasteiger partial charge < -0.3 is 26.0 Å². The molecule has 0 aliphatic heterocycles. The summed E-state index contributed by atoms with van der Waals surface area (Å²) in [6.45, 7) is 1.15. The number of hydrogen-bond donors (Lipinski definition) is 5. The molecule has 1 aromatic heterocycles. The molecular formula is C26H35FN6O7S2. The number of benzene rings is 2. The monoisotopic (exact) mass is 626 g/mol. The zero-order valence-corrected chi connectivity index (χ0v) is 24.8. The van der Waals surface area contributed by atoms with Crippen molar-refractivity contribution in [2.24, 2.45) is 17.3 Å². The van der Waals surface area contributed by atoms with Crippen LogP contribution < -0.4 is 31.5 Å². The fourth-order valence-corrected chi connectivity index (χ4v) is 5.51. The van der Waals surface area contributed by atoms with E-state index in [4.69, 9.17) is 31.9 Å². The molecule has 0 fully saturated rings. The van der Waals surface area contributed by atoms with Gasteiger partial charge in [-0.25, -0.2) is 24.0 Å². The molecular weight excluding hydrogens is 591 g/mol. The van der Waals surface area contributed by atoms with Crippen LogP contribution in [0.2, 0.25) is 0 Å². The molecule has 0 spiro atoms. The highest BCUT2D eigenvalue weighted by atomic mass is 32.2. The molecule has 8 N–H and O–H groups in total. The molecule has 0 aliphatic rings. The van der Waals surface area contributed by atoms with Gasteiger partial charge in [-0.1, -0.05) is 12.1 Å². The van der Waals surface area contributed by atoms with Gasteiger partial charge in [-0.2, -0.15) is 0 Å². The van der Waals surface area contributed by atoms with Gasteiger partial charge in [0.2, 0.25) is 10.2 Å². The lowest BCUT2D eigenvalue weighted by Gasteiger charge is -2.23. The number of nitrogens with zero attached hydrogens (tertiary/aromatic N) is 2. The fourth-order valence-electron chi connectivity index (χ4n) is 3.44. The standard InChI is InChI=1S/C24H30N6O7S2.C2H5F/c1-28-39(34,35)24-29-19-8-7-18(12-21(19)38-24)37-14-16(25)13-30(27)22(23(26)33)20(32)9-4-15-2-5-17(6-3-15)36-11-10-31;1-2-3/h2-3,5-8,12-13,22,28,31H,4,9-11,14,25,27H2,1H3,(H2,26,33);2H2,1H3/b16-13-;. The Morgan fingerprint density at radius 3 is 2.40 bits per heavy atom. The number of aromatic nitrogens is 1. The number of carbonyl (C=O) groups excluding carboxylic acids is 2. The number of nitrogens with one attached hydrogen (secondary N) is 1. The number of fused-ring (bicyclic) bond motifs is 1. The summed E-state index contributed by atoms with van der Waals surface area (Å²) in [6.07, 6.45) is 1.54. The molecule has 230 valence electrons. The Kier molecular flexibility index (Phi) is 13.6. The van der Waals surface area contributed by atoms with E-state index in [1.165, 1.54) is 20.2 Å². The first-order valence-corrected chi connectivity index (χ1v) is 14.9. The van der Waals surface area contributed by atoms with Gasteiger partial charge in [-0.15, -0.1) is 11.3 Å². The number of alkyl halides is 1. The summed E-state index contributed by atoms with van der Waals surface area (Å²) in [5, 5.41) is 9.67. The minimum atomic E-state index is -3.67. The molecule has 0 radical (unpaired) electrons. The molecule has 2 aromatic carbocycles. The smallest absolute Gasteiger partial charge is 0.267 e. The molecule has 1 atom stereocenters. The van der Waals surface area contributed by atoms with E-state index in [0.29, 0.717) is 28.1 Å². The van der Waals surface area contributed by atoms with E-state index in [1.54, 1.807) is 42.5 Å². The maximum atomic E-state index is 12.8. The van der Waals surface area contributed by atoms with E-state index in [1.807, 2.05) is 0 Å². The third-order valence-corrected chi connectivity index (χ3v) is 8.18. The van der Waals surface area contributed by atoms with Gasteiger partial charge in [0, 0.05) is 12.6 Å². The van der Waals surface area contributed by atoms with Crippen LogP contribution in [0.5, 0.6) is 11.5 Å². The molecule has 0 aliphatic carbocycles. The SMILES string of the molecule is CCF.CNS(=O)(=O)c1nc2ccc(OC/C(N)=C/N(N)C(C(N)=O)C(=O)CCc3ccc(OCCO)cc3)cc2s1. The summed E-state index contributed by atoms with van der Waals surface area (Å²) in [4.78, 5) is 28.9. The average Bonchev–Trinajstić information content (AvgIpc) is 3.39. The first-order valence-electron chi connectivity index (χ1n) is 12.6. The van der Waals surface area contributed by atoms with Gasteiger partial charge in [0.15, 0.2) is 11.8 Å². The Balaban J connectivity index is 0.00000197. The zero-order chi connectivity index (χ0) is 31.3. The van der Waals surface area contributed by atoms with Crippen LogP contribution in [0.3, 0.4) is 0 Å². The fraction of sp³-hybridized carbons (Fsp3) is 0.346. The van der Waals surface area contributed by atoms with Gasteiger partial charge in [-0.3, -0.25) is 19.0 Å². The Bertz CT molecular complexity index is 1470. The lowest BCUT2D eigenvalue weighted by Crippen LogP contribution is -2.51. The first kappa shape index (κ1) is 34.4. The number of sulfonamides is 1. The second-order valence-corrected chi connectivity index (χ2v) is 11.6. The van der Waals surface area contributed by atoms with Crippen molar-refractivity contribution in [1.82, 2.24) is 14.7 Å². The Morgan fingerprint density at radius 1 is 1.17 bits per heavy atom. The summed E-state index contributed by atoms with van der Waals surface area (Å²) >= 11 is 0.985. The van der Waals surface area contributed by atoms with Crippen molar-refractivity contribution >= 4 is 43.3 Å². The van der Waals surface area contributed by atoms with Crippen molar-refractivity contribution in [2.75, 3.05) is 33.5 Å². The lowest BCUT2D eigenvalue weighted by atomic mass is 10.0. The molecule has 1 heterocycles. The minimum Gasteiger partial charge on any atom is -0.491 e. The van der Waals surface area contributed by atoms with Gasteiger partial charge in [0.25, 0.3) is 10.0 Å². The quantitative estimate of drug-likeness (QED) is 0.0910. The molecule has 0 bridgehead atoms. The number of hydrogen-bond acceptors (Lipinski definition) is 12. The Labute approximate surface area is 247 Å². The van der Waals surface area contributed by atoms with Crippen LogP contribution in [0.1, 0.15) is 18.9 Å². The van der Waals surface area contributed by atoms with E-state index in [9.17, 15) is 22.4 Å². The molecule has 0 saturated heterocycles. The maximum absolute atomic E-state index is 12.8. The second-order valence-electron chi connectivity index (χ2n) is 8.51. The number of carbonyl (C=O) groups is 2. The third-order valence-electron chi connectivity index (χ3n) is 5.38. The Hall–Kier alpha value is -3.83. The number of thiazole rings is 1. The number of halogens is 1. The Morgan fingerprint density at radius 2 is 1.81 bits per heavy atom. The molecule has 3 aromatic rings. The summed E-state index contributed by atoms with van der Waals surface area (Å²) < 4.78 is 47.9. The van der Waals surface area contributed by atoms with Gasteiger partial charge in [0.05, 0.1) is 29.2 Å². The minimum absolute atomic E-state index is 0.00250. The normalized spacial score (nSPS) is 12.3. The number of aryl methyl sites for hydroxylation is 1. The third kappa shape index (κ3) is 10.2. The topological polar surface area (TPSA) is 213 Å². The first-order chi connectivity index (χ1) is 19.9. The van der Waals surface area contributed by atoms with E-state index in [-0.39, 0.29) is 43.0 Å². The van der Waals surface area contributed by atoms with E-state index in [0.717, 1.165) is 21.9 Å². The van der Waals surface area contributed by atoms with Crippen LogP contribution in [0.15, 0.2) is 58.7 Å². The highest BCUT2D eigenvalue weighted by molar-refractivity contribution is 7.91. The molecule has 42 heavy (non-hydrogen) atoms. The molecule has 0 saturated carbocycles. The maximum Gasteiger partial charge on any atom is 0.267 e. The van der Waals surface area contributed by atoms with Gasteiger partial charge in [0.1, 0.15) is 24.7 Å². The number of rotatable bonds is 15.